The van der Waals surface area contributed by atoms with Gasteiger partial charge in [-0.05, 0) is 38.5 Å². The molecule has 0 bridgehead atoms. The maximum Gasteiger partial charge on any atom is 0.306 e. The average Bonchev–Trinajstić information content (AvgIpc) is 3.22. The van der Waals surface area contributed by atoms with Crippen molar-refractivity contribution in [2.45, 2.75) is 270 Å². The lowest BCUT2D eigenvalue weighted by atomic mass is 10.0. The number of allylic oxidation sites excluding steroid dienone is 2. The number of aliphatic carboxylic acids is 1. The standard InChI is InChI=1S/C53H101NO7/c1-6-8-10-12-14-16-18-20-22-24-25-26-27-28-30-31-33-35-37-39-41-43-51(55)60-48-49(47-59-46-45-50(53(57)58)54(3,4)5)61-52(56)44-42-40-38-36-34-32-29-23-21-19-17-15-13-11-9-7-2/h23,29,49-50H,6-22,24-28,30-48H2,1-5H3/b29-23+. The van der Waals surface area contributed by atoms with E-state index in [2.05, 4.69) is 26.0 Å². The van der Waals surface area contributed by atoms with Gasteiger partial charge < -0.3 is 28.6 Å². The van der Waals surface area contributed by atoms with E-state index in [1.165, 1.54) is 173 Å². The minimum Gasteiger partial charge on any atom is -0.544 e. The van der Waals surface area contributed by atoms with Gasteiger partial charge in [0.25, 0.3) is 0 Å². The molecule has 0 aromatic heterocycles. The molecular formula is C53H101NO7. The normalized spacial score (nSPS) is 12.9. The lowest BCUT2D eigenvalue weighted by molar-refractivity contribution is -0.889. The van der Waals surface area contributed by atoms with E-state index in [9.17, 15) is 19.5 Å². The Labute approximate surface area is 378 Å². The van der Waals surface area contributed by atoms with Crippen molar-refractivity contribution < 1.29 is 38.2 Å². The van der Waals surface area contributed by atoms with E-state index >= 15 is 0 Å². The molecule has 0 aromatic rings. The zero-order valence-corrected chi connectivity index (χ0v) is 41.1. The monoisotopic (exact) mass is 864 g/mol. The van der Waals surface area contributed by atoms with Gasteiger partial charge in [0.1, 0.15) is 12.6 Å². The zero-order valence-electron chi connectivity index (χ0n) is 41.1. The van der Waals surface area contributed by atoms with Gasteiger partial charge in [-0.1, -0.05) is 212 Å². The number of hydrogen-bond donors (Lipinski definition) is 0. The van der Waals surface area contributed by atoms with Crippen molar-refractivity contribution in [3.8, 4) is 0 Å². The molecule has 2 unspecified atom stereocenters. The van der Waals surface area contributed by atoms with Crippen molar-refractivity contribution in [2.75, 3.05) is 41.0 Å². The van der Waals surface area contributed by atoms with E-state index in [0.717, 1.165) is 51.4 Å². The Kier molecular flexibility index (Phi) is 43.3. The molecule has 0 aliphatic carbocycles. The molecule has 360 valence electrons. The van der Waals surface area contributed by atoms with Crippen molar-refractivity contribution in [3.05, 3.63) is 12.2 Å². The summed E-state index contributed by atoms with van der Waals surface area (Å²) in [6, 6.07) is -0.723. The van der Waals surface area contributed by atoms with E-state index < -0.39 is 18.1 Å². The van der Waals surface area contributed by atoms with Crippen LogP contribution in [0.25, 0.3) is 0 Å². The highest BCUT2D eigenvalue weighted by Crippen LogP contribution is 2.17. The molecule has 0 aromatic carbocycles. The molecule has 8 nitrogen and oxygen atoms in total. The Balaban J connectivity index is 4.18. The van der Waals surface area contributed by atoms with E-state index in [0.29, 0.717) is 12.8 Å². The van der Waals surface area contributed by atoms with Gasteiger partial charge in [0.15, 0.2) is 6.10 Å². The number of unbranched alkanes of at least 4 members (excludes halogenated alkanes) is 32. The van der Waals surface area contributed by atoms with Crippen LogP contribution in [-0.2, 0) is 28.6 Å². The number of nitrogens with zero attached hydrogens (tertiary/aromatic N) is 1. The van der Waals surface area contributed by atoms with Crippen LogP contribution in [0.1, 0.15) is 258 Å². The summed E-state index contributed by atoms with van der Waals surface area (Å²) in [5, 5.41) is 11.7. The summed E-state index contributed by atoms with van der Waals surface area (Å²) in [7, 11) is 5.42. The molecule has 0 fully saturated rings. The van der Waals surface area contributed by atoms with Gasteiger partial charge in [-0.25, -0.2) is 0 Å². The van der Waals surface area contributed by atoms with E-state index in [-0.39, 0.29) is 42.7 Å². The van der Waals surface area contributed by atoms with Gasteiger partial charge in [0.05, 0.1) is 40.3 Å². The highest BCUT2D eigenvalue weighted by atomic mass is 16.6. The molecule has 0 saturated heterocycles. The van der Waals surface area contributed by atoms with E-state index in [1.807, 2.05) is 21.1 Å². The molecule has 0 aliphatic rings. The first kappa shape index (κ1) is 59.1. The summed E-state index contributed by atoms with van der Waals surface area (Å²) >= 11 is 0. The average molecular weight is 864 g/mol. The zero-order chi connectivity index (χ0) is 44.9. The lowest BCUT2D eigenvalue weighted by Crippen LogP contribution is -2.55. The second-order valence-corrected chi connectivity index (χ2v) is 19.1. The minimum atomic E-state index is -1.12. The Morgan fingerprint density at radius 3 is 1.18 bits per heavy atom. The maximum atomic E-state index is 12.8. The van der Waals surface area contributed by atoms with Crippen LogP contribution in [-0.4, -0.2) is 75.5 Å². The number of ether oxygens (including phenoxy) is 3. The van der Waals surface area contributed by atoms with Crippen LogP contribution in [0.4, 0.5) is 0 Å². The predicted octanol–water partition coefficient (Wildman–Crippen LogP) is 13.7. The Morgan fingerprint density at radius 2 is 0.820 bits per heavy atom. The van der Waals surface area contributed by atoms with Crippen LogP contribution < -0.4 is 5.11 Å². The summed E-state index contributed by atoms with van der Waals surface area (Å²) < 4.78 is 17.3. The van der Waals surface area contributed by atoms with Crippen molar-refractivity contribution >= 4 is 17.9 Å². The third-order valence-electron chi connectivity index (χ3n) is 12.2. The maximum absolute atomic E-state index is 12.8. The fourth-order valence-electron chi connectivity index (χ4n) is 8.07. The van der Waals surface area contributed by atoms with Crippen LogP contribution in [0, 0.1) is 0 Å². The number of carboxylic acid groups (broad SMARTS) is 1. The number of esters is 2. The summed E-state index contributed by atoms with van der Waals surface area (Å²) in [6.45, 7) is 4.70. The number of likely N-dealkylation sites (N-methyl/N-ethyl adjacent to an activating group) is 1. The highest BCUT2D eigenvalue weighted by Gasteiger charge is 2.25. The number of carbonyl (C=O) groups is 3. The molecule has 0 heterocycles. The van der Waals surface area contributed by atoms with Gasteiger partial charge in [0.2, 0.25) is 0 Å². The lowest BCUT2D eigenvalue weighted by Gasteiger charge is -2.34. The molecule has 0 radical (unpaired) electrons. The molecule has 0 aliphatic heterocycles. The van der Waals surface area contributed by atoms with Crippen LogP contribution in [0.15, 0.2) is 12.2 Å². The molecule has 0 amide bonds. The summed E-state index contributed by atoms with van der Waals surface area (Å²) in [6.07, 6.45) is 49.6. The van der Waals surface area contributed by atoms with Crippen LogP contribution in [0.5, 0.6) is 0 Å². The summed E-state index contributed by atoms with van der Waals surface area (Å²) in [5.41, 5.74) is 0. The molecule has 2 atom stereocenters. The highest BCUT2D eigenvalue weighted by molar-refractivity contribution is 5.70. The number of quaternary nitrogens is 1. The van der Waals surface area contributed by atoms with Gasteiger partial charge in [0, 0.05) is 19.3 Å². The quantitative estimate of drug-likeness (QED) is 0.0260. The fraction of sp³-hybridized carbons (Fsp3) is 0.906. The summed E-state index contributed by atoms with van der Waals surface area (Å²) in [5.74, 6) is -1.72. The Hall–Kier alpha value is -1.93. The first-order valence-corrected chi connectivity index (χ1v) is 26.2. The van der Waals surface area contributed by atoms with Gasteiger partial charge in [-0.2, -0.15) is 0 Å². The summed E-state index contributed by atoms with van der Waals surface area (Å²) in [4.78, 5) is 37.0. The van der Waals surface area contributed by atoms with Crippen molar-refractivity contribution in [2.24, 2.45) is 0 Å². The molecular weight excluding hydrogens is 763 g/mol. The molecule has 0 rings (SSSR count). The topological polar surface area (TPSA) is 102 Å². The first-order chi connectivity index (χ1) is 29.6. The van der Waals surface area contributed by atoms with Crippen molar-refractivity contribution in [1.82, 2.24) is 0 Å². The molecule has 61 heavy (non-hydrogen) atoms. The minimum absolute atomic E-state index is 0.0434. The molecule has 0 N–H and O–H groups in total. The third kappa shape index (κ3) is 43.1. The number of rotatable bonds is 48. The number of hydrogen-bond acceptors (Lipinski definition) is 7. The fourth-order valence-corrected chi connectivity index (χ4v) is 8.07. The van der Waals surface area contributed by atoms with Gasteiger partial charge in [-0.15, -0.1) is 0 Å². The molecule has 0 saturated carbocycles. The Morgan fingerprint density at radius 1 is 0.475 bits per heavy atom. The predicted molar refractivity (Wildman–Crippen MR) is 254 cm³/mol. The Bertz CT molecular complexity index is 1010. The smallest absolute Gasteiger partial charge is 0.306 e. The van der Waals surface area contributed by atoms with Gasteiger partial charge in [-0.3, -0.25) is 9.59 Å². The van der Waals surface area contributed by atoms with Crippen LogP contribution in [0.3, 0.4) is 0 Å². The van der Waals surface area contributed by atoms with Crippen molar-refractivity contribution in [1.29, 1.82) is 0 Å². The van der Waals surface area contributed by atoms with E-state index in [4.69, 9.17) is 14.2 Å². The first-order valence-electron chi connectivity index (χ1n) is 26.2. The van der Waals surface area contributed by atoms with Crippen LogP contribution >= 0.6 is 0 Å². The van der Waals surface area contributed by atoms with Crippen LogP contribution in [0.2, 0.25) is 0 Å². The molecule has 0 spiro atoms. The largest absolute Gasteiger partial charge is 0.544 e. The molecule has 8 heteroatoms. The van der Waals surface area contributed by atoms with Crippen molar-refractivity contribution in [3.63, 3.8) is 0 Å². The van der Waals surface area contributed by atoms with E-state index in [1.54, 1.807) is 0 Å². The third-order valence-corrected chi connectivity index (χ3v) is 12.2. The second kappa shape index (κ2) is 44.7. The van der Waals surface area contributed by atoms with Gasteiger partial charge >= 0.3 is 11.9 Å². The number of carbonyl (C=O) groups excluding carboxylic acids is 3. The SMILES string of the molecule is CCCCCCCCC/C=C/CCCCCCCC(=O)OC(COCCC(C(=O)[O-])[N+](C)(C)C)COC(=O)CCCCCCCCCCCCCCCCCCCCCCC. The second-order valence-electron chi connectivity index (χ2n) is 19.1. The number of carboxylic acids is 1.